The minimum Gasteiger partial charge on any atom is -0.507 e. The van der Waals surface area contributed by atoms with Gasteiger partial charge in [-0.3, -0.25) is 0 Å². The van der Waals surface area contributed by atoms with Crippen LogP contribution in [0.25, 0.3) is 10.8 Å². The number of aromatic nitrogens is 1. The Bertz CT molecular complexity index is 521. The summed E-state index contributed by atoms with van der Waals surface area (Å²) in [6.07, 6.45) is 3.75. The van der Waals surface area contributed by atoms with Gasteiger partial charge < -0.3 is 10.1 Å². The quantitative estimate of drug-likeness (QED) is 0.586. The Morgan fingerprint density at radius 2 is 1.44 bits per heavy atom. The summed E-state index contributed by atoms with van der Waals surface area (Å²) in [6.45, 7) is 0. The normalized spacial score (nSPS) is 9.50. The average molecular weight is 211 g/mol. The van der Waals surface area contributed by atoms with E-state index in [2.05, 4.69) is 4.98 Å². The highest BCUT2D eigenvalue weighted by molar-refractivity contribution is 5.87. The molecule has 0 radical (unpaired) electrons. The molecule has 0 saturated carbocycles. The topological polar surface area (TPSA) is 36.0 Å². The van der Waals surface area contributed by atoms with Gasteiger partial charge in [0, 0.05) is 17.8 Å². The van der Waals surface area contributed by atoms with Gasteiger partial charge in [0.15, 0.2) is 0 Å². The van der Waals surface area contributed by atoms with Crippen molar-refractivity contribution in [3.05, 3.63) is 67.0 Å². The summed E-state index contributed by atoms with van der Waals surface area (Å²) in [5.41, 5.74) is 0. The molecule has 3 aromatic rings. The van der Waals surface area contributed by atoms with Crippen LogP contribution in [0.15, 0.2) is 67.0 Å². The number of aromatic amines is 1. The van der Waals surface area contributed by atoms with E-state index in [0.29, 0.717) is 5.75 Å². The molecule has 0 saturated heterocycles. The van der Waals surface area contributed by atoms with Gasteiger partial charge in [0.25, 0.3) is 0 Å². The molecule has 16 heavy (non-hydrogen) atoms. The van der Waals surface area contributed by atoms with Crippen molar-refractivity contribution in [1.29, 1.82) is 0 Å². The zero-order valence-corrected chi connectivity index (χ0v) is 8.80. The number of hydrogen-bond acceptors (Lipinski definition) is 1. The second kappa shape index (κ2) is 5.03. The lowest BCUT2D eigenvalue weighted by atomic mass is 10.1. The third kappa shape index (κ3) is 2.42. The molecule has 80 valence electrons. The zero-order chi connectivity index (χ0) is 11.2. The molecular formula is C14H13NO. The maximum absolute atomic E-state index is 9.37. The van der Waals surface area contributed by atoms with Gasteiger partial charge in [-0.1, -0.05) is 36.4 Å². The van der Waals surface area contributed by atoms with Crippen molar-refractivity contribution < 1.29 is 5.11 Å². The van der Waals surface area contributed by atoms with Gasteiger partial charge in [-0.15, -0.1) is 0 Å². The van der Waals surface area contributed by atoms with Gasteiger partial charge in [0.1, 0.15) is 5.75 Å². The number of fused-ring (bicyclic) bond motifs is 1. The largest absolute Gasteiger partial charge is 0.507 e. The van der Waals surface area contributed by atoms with Gasteiger partial charge in [-0.2, -0.15) is 0 Å². The first kappa shape index (κ1) is 10.3. The first-order chi connectivity index (χ1) is 7.88. The van der Waals surface area contributed by atoms with Gasteiger partial charge >= 0.3 is 0 Å². The zero-order valence-electron chi connectivity index (χ0n) is 8.80. The first-order valence-electron chi connectivity index (χ1n) is 5.12. The predicted molar refractivity (Wildman–Crippen MR) is 66.4 cm³/mol. The van der Waals surface area contributed by atoms with Crippen molar-refractivity contribution in [2.75, 3.05) is 0 Å². The second-order valence-corrected chi connectivity index (χ2v) is 3.38. The molecule has 2 aromatic carbocycles. The van der Waals surface area contributed by atoms with Gasteiger partial charge in [-0.25, -0.2) is 0 Å². The van der Waals surface area contributed by atoms with Crippen molar-refractivity contribution in [2.24, 2.45) is 0 Å². The molecular weight excluding hydrogens is 198 g/mol. The molecule has 0 amide bonds. The van der Waals surface area contributed by atoms with E-state index in [1.807, 2.05) is 60.9 Å². The van der Waals surface area contributed by atoms with E-state index in [-0.39, 0.29) is 0 Å². The Hall–Kier alpha value is -2.22. The number of rotatable bonds is 0. The predicted octanol–water partition coefficient (Wildman–Crippen LogP) is 3.56. The average Bonchev–Trinajstić information content (AvgIpc) is 2.88. The van der Waals surface area contributed by atoms with E-state index < -0.39 is 0 Å². The van der Waals surface area contributed by atoms with Crippen LogP contribution in [0.4, 0.5) is 0 Å². The summed E-state index contributed by atoms with van der Waals surface area (Å²) in [7, 11) is 0. The summed E-state index contributed by atoms with van der Waals surface area (Å²) < 4.78 is 0. The molecule has 0 spiro atoms. The second-order valence-electron chi connectivity index (χ2n) is 3.38. The summed E-state index contributed by atoms with van der Waals surface area (Å²) in [6, 6.07) is 17.2. The summed E-state index contributed by atoms with van der Waals surface area (Å²) >= 11 is 0. The minimum absolute atomic E-state index is 0.350. The number of phenols is 1. The highest BCUT2D eigenvalue weighted by Gasteiger charge is 1.94. The molecule has 1 aromatic heterocycles. The third-order valence-corrected chi connectivity index (χ3v) is 2.26. The standard InChI is InChI=1S/C10H8O.C4H5N/c11-10-7-3-5-8-4-1-2-6-9(8)10;1-2-4-5-3-1/h1-7,11H;1-5H. The van der Waals surface area contributed by atoms with Crippen LogP contribution in [0.2, 0.25) is 0 Å². The highest BCUT2D eigenvalue weighted by atomic mass is 16.3. The molecule has 2 heteroatoms. The van der Waals surface area contributed by atoms with Crippen LogP contribution < -0.4 is 0 Å². The van der Waals surface area contributed by atoms with Crippen LogP contribution in [0.1, 0.15) is 0 Å². The van der Waals surface area contributed by atoms with Crippen molar-refractivity contribution >= 4 is 10.8 Å². The van der Waals surface area contributed by atoms with Crippen molar-refractivity contribution in [1.82, 2.24) is 4.98 Å². The van der Waals surface area contributed by atoms with Gasteiger partial charge in [0.2, 0.25) is 0 Å². The van der Waals surface area contributed by atoms with E-state index in [4.69, 9.17) is 0 Å². The molecule has 0 aliphatic heterocycles. The Morgan fingerprint density at radius 1 is 0.750 bits per heavy atom. The molecule has 0 atom stereocenters. The SMILES string of the molecule is Oc1cccc2ccccc12.c1cc[nH]c1. The molecule has 3 rings (SSSR count). The monoisotopic (exact) mass is 211 g/mol. The van der Waals surface area contributed by atoms with Crippen LogP contribution in [-0.2, 0) is 0 Å². The number of hydrogen-bond donors (Lipinski definition) is 2. The molecule has 0 fully saturated rings. The Labute approximate surface area is 94.2 Å². The van der Waals surface area contributed by atoms with Crippen molar-refractivity contribution in [3.63, 3.8) is 0 Å². The van der Waals surface area contributed by atoms with Crippen LogP contribution in [0.3, 0.4) is 0 Å². The molecule has 1 heterocycles. The smallest absolute Gasteiger partial charge is 0.123 e. The van der Waals surface area contributed by atoms with E-state index in [9.17, 15) is 5.11 Å². The maximum Gasteiger partial charge on any atom is 0.123 e. The fourth-order valence-corrected chi connectivity index (χ4v) is 1.49. The fraction of sp³-hybridized carbons (Fsp3) is 0. The minimum atomic E-state index is 0.350. The summed E-state index contributed by atoms with van der Waals surface area (Å²) in [5.74, 6) is 0.350. The molecule has 2 N–H and O–H groups in total. The Balaban J connectivity index is 0.000000162. The molecule has 0 aliphatic carbocycles. The van der Waals surface area contributed by atoms with E-state index in [1.165, 1.54) is 0 Å². The highest BCUT2D eigenvalue weighted by Crippen LogP contribution is 2.22. The lowest BCUT2D eigenvalue weighted by Gasteiger charge is -1.97. The molecule has 2 nitrogen and oxygen atoms in total. The maximum atomic E-state index is 9.37. The molecule has 0 aliphatic rings. The molecule has 0 unspecified atom stereocenters. The van der Waals surface area contributed by atoms with Gasteiger partial charge in [0.05, 0.1) is 0 Å². The number of H-pyrrole nitrogens is 1. The van der Waals surface area contributed by atoms with E-state index >= 15 is 0 Å². The number of nitrogens with one attached hydrogen (secondary N) is 1. The number of benzene rings is 2. The third-order valence-electron chi connectivity index (χ3n) is 2.26. The first-order valence-corrected chi connectivity index (χ1v) is 5.12. The van der Waals surface area contributed by atoms with Crippen LogP contribution >= 0.6 is 0 Å². The lowest BCUT2D eigenvalue weighted by molar-refractivity contribution is 0.481. The fourth-order valence-electron chi connectivity index (χ4n) is 1.49. The lowest BCUT2D eigenvalue weighted by Crippen LogP contribution is -1.70. The number of phenolic OH excluding ortho intramolecular Hbond substituents is 1. The van der Waals surface area contributed by atoms with E-state index in [0.717, 1.165) is 10.8 Å². The van der Waals surface area contributed by atoms with Crippen LogP contribution in [-0.4, -0.2) is 10.1 Å². The van der Waals surface area contributed by atoms with Crippen LogP contribution in [0, 0.1) is 0 Å². The summed E-state index contributed by atoms with van der Waals surface area (Å²) in [4.78, 5) is 2.86. The Morgan fingerprint density at radius 3 is 2.06 bits per heavy atom. The van der Waals surface area contributed by atoms with E-state index in [1.54, 1.807) is 6.07 Å². The van der Waals surface area contributed by atoms with Gasteiger partial charge in [-0.05, 0) is 23.6 Å². The van der Waals surface area contributed by atoms with Crippen molar-refractivity contribution in [3.8, 4) is 5.75 Å². The van der Waals surface area contributed by atoms with Crippen LogP contribution in [0.5, 0.6) is 5.75 Å². The Kier molecular flexibility index (Phi) is 3.24. The number of aromatic hydroxyl groups is 1. The summed E-state index contributed by atoms with van der Waals surface area (Å²) in [5, 5.41) is 11.4. The van der Waals surface area contributed by atoms with Crippen molar-refractivity contribution in [2.45, 2.75) is 0 Å². The molecule has 0 bridgehead atoms.